The molecule has 0 fully saturated rings. The molecule has 4 heteroatoms. The molecule has 0 aliphatic carbocycles. The van der Waals surface area contributed by atoms with Crippen molar-refractivity contribution in [3.05, 3.63) is 90.3 Å². The molecular formula is C26H26N2O2. The van der Waals surface area contributed by atoms with Crippen molar-refractivity contribution >= 4 is 23.2 Å². The quantitative estimate of drug-likeness (QED) is 0.321. The van der Waals surface area contributed by atoms with Gasteiger partial charge in [-0.2, -0.15) is 0 Å². The number of fused-ring (bicyclic) bond motifs is 1. The molecule has 3 aromatic carbocycles. The Hall–Kier alpha value is -3.53. The number of rotatable bonds is 9. The van der Waals surface area contributed by atoms with Gasteiger partial charge in [0.1, 0.15) is 17.3 Å². The summed E-state index contributed by atoms with van der Waals surface area (Å²) in [6.07, 6.45) is 6.19. The number of aromatic nitrogens is 2. The van der Waals surface area contributed by atoms with Gasteiger partial charge >= 0.3 is 0 Å². The summed E-state index contributed by atoms with van der Waals surface area (Å²) >= 11 is 0. The molecule has 0 saturated carbocycles. The van der Waals surface area contributed by atoms with Gasteiger partial charge in [-0.25, -0.2) is 4.98 Å². The number of unbranched alkanes of at least 4 members (excludes halogenated alkanes) is 1. The second kappa shape index (κ2) is 9.79. The molecule has 0 radical (unpaired) electrons. The van der Waals surface area contributed by atoms with Crippen LogP contribution in [0, 0.1) is 0 Å². The van der Waals surface area contributed by atoms with Crippen LogP contribution >= 0.6 is 0 Å². The van der Waals surface area contributed by atoms with Crippen LogP contribution in [0.2, 0.25) is 0 Å². The summed E-state index contributed by atoms with van der Waals surface area (Å²) in [7, 11) is 1.67. The number of benzene rings is 3. The van der Waals surface area contributed by atoms with E-state index in [-0.39, 0.29) is 0 Å². The lowest BCUT2D eigenvalue weighted by Crippen LogP contribution is -2.04. The SMILES string of the molecule is COc1cccc(OCCCCn2c(/C=C/c3ccccc3)nc3ccccc32)c1. The van der Waals surface area contributed by atoms with Crippen LogP contribution in [0.5, 0.6) is 11.5 Å². The lowest BCUT2D eigenvalue weighted by molar-refractivity contribution is 0.301. The van der Waals surface area contributed by atoms with Crippen LogP contribution < -0.4 is 9.47 Å². The maximum atomic E-state index is 5.87. The summed E-state index contributed by atoms with van der Waals surface area (Å²) in [4.78, 5) is 4.82. The van der Waals surface area contributed by atoms with Crippen LogP contribution in [-0.2, 0) is 6.54 Å². The smallest absolute Gasteiger partial charge is 0.133 e. The van der Waals surface area contributed by atoms with Crippen molar-refractivity contribution in [2.24, 2.45) is 0 Å². The molecule has 4 aromatic rings. The van der Waals surface area contributed by atoms with Gasteiger partial charge in [0.2, 0.25) is 0 Å². The summed E-state index contributed by atoms with van der Waals surface area (Å²) in [5.41, 5.74) is 3.36. The molecule has 1 aromatic heterocycles. The number of hydrogen-bond acceptors (Lipinski definition) is 3. The van der Waals surface area contributed by atoms with E-state index >= 15 is 0 Å². The number of ether oxygens (including phenoxy) is 2. The molecule has 0 aliphatic heterocycles. The zero-order chi connectivity index (χ0) is 20.6. The second-order valence-electron chi connectivity index (χ2n) is 7.09. The Morgan fingerprint density at radius 3 is 2.50 bits per heavy atom. The van der Waals surface area contributed by atoms with E-state index in [1.165, 1.54) is 11.1 Å². The monoisotopic (exact) mass is 398 g/mol. The van der Waals surface area contributed by atoms with Gasteiger partial charge in [-0.05, 0) is 48.7 Å². The van der Waals surface area contributed by atoms with Crippen LogP contribution in [0.3, 0.4) is 0 Å². The van der Waals surface area contributed by atoms with Crippen molar-refractivity contribution in [2.75, 3.05) is 13.7 Å². The van der Waals surface area contributed by atoms with Crippen LogP contribution in [0.25, 0.3) is 23.2 Å². The van der Waals surface area contributed by atoms with Crippen LogP contribution in [0.1, 0.15) is 24.2 Å². The molecule has 30 heavy (non-hydrogen) atoms. The van der Waals surface area contributed by atoms with E-state index in [9.17, 15) is 0 Å². The van der Waals surface area contributed by atoms with E-state index in [0.29, 0.717) is 6.61 Å². The van der Waals surface area contributed by atoms with Gasteiger partial charge in [0.05, 0.1) is 24.8 Å². The van der Waals surface area contributed by atoms with E-state index in [1.807, 2.05) is 48.5 Å². The summed E-state index contributed by atoms with van der Waals surface area (Å²) in [6.45, 7) is 1.57. The number of hydrogen-bond donors (Lipinski definition) is 0. The van der Waals surface area contributed by atoms with Gasteiger partial charge in [-0.15, -0.1) is 0 Å². The lowest BCUT2D eigenvalue weighted by atomic mass is 10.2. The van der Waals surface area contributed by atoms with Crippen LogP contribution in [0.15, 0.2) is 78.9 Å². The highest BCUT2D eigenvalue weighted by atomic mass is 16.5. The fourth-order valence-corrected chi connectivity index (χ4v) is 3.44. The van der Waals surface area contributed by atoms with Gasteiger partial charge in [0.25, 0.3) is 0 Å². The summed E-state index contributed by atoms with van der Waals surface area (Å²) < 4.78 is 13.4. The van der Waals surface area contributed by atoms with Crippen molar-refractivity contribution in [3.8, 4) is 11.5 Å². The Morgan fingerprint density at radius 1 is 0.833 bits per heavy atom. The zero-order valence-electron chi connectivity index (χ0n) is 17.2. The van der Waals surface area contributed by atoms with Crippen LogP contribution in [-0.4, -0.2) is 23.3 Å². The third-order valence-corrected chi connectivity index (χ3v) is 4.99. The summed E-state index contributed by atoms with van der Waals surface area (Å²) in [6, 6.07) is 26.3. The van der Waals surface area contributed by atoms with Gasteiger partial charge in [-0.1, -0.05) is 54.6 Å². The Kier molecular flexibility index (Phi) is 6.45. The highest BCUT2D eigenvalue weighted by molar-refractivity contribution is 5.79. The number of imidazole rings is 1. The number of para-hydroxylation sites is 2. The first-order valence-electron chi connectivity index (χ1n) is 10.3. The Bertz CT molecular complexity index is 1120. The Labute approximate surface area is 177 Å². The number of aryl methyl sites for hydroxylation is 1. The highest BCUT2D eigenvalue weighted by Crippen LogP contribution is 2.21. The van der Waals surface area contributed by atoms with E-state index in [4.69, 9.17) is 14.5 Å². The van der Waals surface area contributed by atoms with Gasteiger partial charge in [-0.3, -0.25) is 0 Å². The second-order valence-corrected chi connectivity index (χ2v) is 7.09. The average molecular weight is 399 g/mol. The van der Waals surface area contributed by atoms with Crippen molar-refractivity contribution < 1.29 is 9.47 Å². The molecule has 0 saturated heterocycles. The Morgan fingerprint density at radius 2 is 1.63 bits per heavy atom. The van der Waals surface area contributed by atoms with Gasteiger partial charge in [0, 0.05) is 12.6 Å². The molecule has 0 spiro atoms. The van der Waals surface area contributed by atoms with E-state index in [0.717, 1.165) is 42.2 Å². The number of methoxy groups -OCH3 is 1. The normalized spacial score (nSPS) is 11.2. The molecule has 0 bridgehead atoms. The lowest BCUT2D eigenvalue weighted by Gasteiger charge is -2.09. The fraction of sp³-hybridized carbons (Fsp3) is 0.192. The molecule has 1 heterocycles. The molecule has 4 nitrogen and oxygen atoms in total. The summed E-state index contributed by atoms with van der Waals surface area (Å²) in [5, 5.41) is 0. The molecule has 0 unspecified atom stereocenters. The minimum Gasteiger partial charge on any atom is -0.497 e. The van der Waals surface area contributed by atoms with Crippen molar-refractivity contribution in [2.45, 2.75) is 19.4 Å². The summed E-state index contributed by atoms with van der Waals surface area (Å²) in [5.74, 6) is 2.63. The molecule has 152 valence electrons. The predicted molar refractivity (Wildman–Crippen MR) is 123 cm³/mol. The third-order valence-electron chi connectivity index (χ3n) is 4.99. The van der Waals surface area contributed by atoms with Crippen LogP contribution in [0.4, 0.5) is 0 Å². The Balaban J connectivity index is 1.40. The molecule has 0 amide bonds. The molecular weight excluding hydrogens is 372 g/mol. The minimum absolute atomic E-state index is 0.676. The molecule has 0 N–H and O–H groups in total. The molecule has 0 atom stereocenters. The van der Waals surface area contributed by atoms with Gasteiger partial charge < -0.3 is 14.0 Å². The first-order chi connectivity index (χ1) is 14.8. The third kappa shape index (κ3) is 4.90. The highest BCUT2D eigenvalue weighted by Gasteiger charge is 2.08. The van der Waals surface area contributed by atoms with E-state index < -0.39 is 0 Å². The fourth-order valence-electron chi connectivity index (χ4n) is 3.44. The number of nitrogens with zero attached hydrogens (tertiary/aromatic N) is 2. The van der Waals surface area contributed by atoms with E-state index in [1.54, 1.807) is 7.11 Å². The maximum absolute atomic E-state index is 5.87. The van der Waals surface area contributed by atoms with Crippen molar-refractivity contribution in [3.63, 3.8) is 0 Å². The zero-order valence-corrected chi connectivity index (χ0v) is 17.2. The standard InChI is InChI=1S/C26H26N2O2/c1-29-22-12-9-13-23(20-22)30-19-8-7-18-28-25-15-6-5-14-24(25)27-26(28)17-16-21-10-3-2-4-11-21/h2-6,9-17,20H,7-8,18-19H2,1H3/b17-16+. The average Bonchev–Trinajstić information content (AvgIpc) is 3.16. The first-order valence-corrected chi connectivity index (χ1v) is 10.3. The minimum atomic E-state index is 0.676. The predicted octanol–water partition coefficient (Wildman–Crippen LogP) is 6.07. The first kappa shape index (κ1) is 19.8. The molecule has 4 rings (SSSR count). The maximum Gasteiger partial charge on any atom is 0.133 e. The topological polar surface area (TPSA) is 36.3 Å². The van der Waals surface area contributed by atoms with Crippen molar-refractivity contribution in [1.82, 2.24) is 9.55 Å². The van der Waals surface area contributed by atoms with E-state index in [2.05, 4.69) is 47.1 Å². The van der Waals surface area contributed by atoms with Gasteiger partial charge in [0.15, 0.2) is 0 Å². The van der Waals surface area contributed by atoms with Crippen molar-refractivity contribution in [1.29, 1.82) is 0 Å². The largest absolute Gasteiger partial charge is 0.497 e. The molecule has 0 aliphatic rings.